The van der Waals surface area contributed by atoms with E-state index in [-0.39, 0.29) is 17.3 Å². The van der Waals surface area contributed by atoms with Crippen molar-refractivity contribution in [1.82, 2.24) is 9.78 Å². The van der Waals surface area contributed by atoms with Gasteiger partial charge in [0.25, 0.3) is 0 Å². The molecule has 6 aromatic rings. The van der Waals surface area contributed by atoms with Crippen LogP contribution in [0.3, 0.4) is 0 Å². The Morgan fingerprint density at radius 1 is 0.609 bits per heavy atom. The molecule has 0 N–H and O–H groups in total. The zero-order valence-electron chi connectivity index (χ0n) is 25.5. The standard InChI is InChI=1S/C40H30N4O2/c1-26-18-22-28(23-19-26)35-33-37(43(41-35)31-14-8-4-9-15-31)39(46)40(30-12-6-3-7-13-30)34(38(33)45)36(29-24-20-27(2)21-25-29)42-44(40)32-16-10-5-11-17-32/h3-25,34H,1-2H3. The molecule has 2 heterocycles. The maximum Gasteiger partial charge on any atom is 0.215 e. The molecule has 2 unspecified atom stereocenters. The number of aryl methyl sites for hydroxylation is 2. The van der Waals surface area contributed by atoms with Crippen LogP contribution in [0.25, 0.3) is 16.9 Å². The first-order valence-electron chi connectivity index (χ1n) is 15.4. The summed E-state index contributed by atoms with van der Waals surface area (Å²) in [5.41, 5.74) is 5.99. The molecule has 0 saturated heterocycles. The predicted molar refractivity (Wildman–Crippen MR) is 181 cm³/mol. The lowest BCUT2D eigenvalue weighted by Gasteiger charge is -2.42. The second kappa shape index (κ2) is 10.6. The Morgan fingerprint density at radius 3 is 1.72 bits per heavy atom. The van der Waals surface area contributed by atoms with Crippen LogP contribution in [0.4, 0.5) is 5.69 Å². The summed E-state index contributed by atoms with van der Waals surface area (Å²) in [4.78, 5) is 31.2. The van der Waals surface area contributed by atoms with Gasteiger partial charge in [0, 0.05) is 5.56 Å². The smallest absolute Gasteiger partial charge is 0.215 e. The van der Waals surface area contributed by atoms with Crippen molar-refractivity contribution < 1.29 is 9.59 Å². The molecular weight excluding hydrogens is 568 g/mol. The highest BCUT2D eigenvalue weighted by Crippen LogP contribution is 2.53. The van der Waals surface area contributed by atoms with E-state index < -0.39 is 11.5 Å². The third kappa shape index (κ3) is 4.03. The number of hydrazone groups is 1. The van der Waals surface area contributed by atoms with Crippen LogP contribution in [0, 0.1) is 19.8 Å². The Hall–Kier alpha value is -5.88. The van der Waals surface area contributed by atoms with Gasteiger partial charge >= 0.3 is 0 Å². The van der Waals surface area contributed by atoms with E-state index in [1.807, 2.05) is 153 Å². The molecule has 0 saturated carbocycles. The van der Waals surface area contributed by atoms with Crippen molar-refractivity contribution in [3.63, 3.8) is 0 Å². The normalized spacial score (nSPS) is 18.7. The lowest BCUT2D eigenvalue weighted by Crippen LogP contribution is -2.58. The highest BCUT2D eigenvalue weighted by Gasteiger charge is 2.66. The topological polar surface area (TPSA) is 67.6 Å². The number of anilines is 1. The van der Waals surface area contributed by atoms with Crippen molar-refractivity contribution >= 4 is 23.0 Å². The molecule has 6 nitrogen and oxygen atoms in total. The minimum Gasteiger partial charge on any atom is -0.293 e. The highest BCUT2D eigenvalue weighted by molar-refractivity contribution is 6.32. The van der Waals surface area contributed by atoms with Gasteiger partial charge in [0.15, 0.2) is 11.3 Å². The van der Waals surface area contributed by atoms with Crippen LogP contribution in [0.5, 0.6) is 0 Å². The molecule has 1 aliphatic heterocycles. The number of rotatable bonds is 5. The van der Waals surface area contributed by atoms with Crippen LogP contribution in [-0.2, 0) is 5.54 Å². The fourth-order valence-electron chi connectivity index (χ4n) is 6.85. The number of fused-ring (bicyclic) bond motifs is 2. The molecule has 2 aliphatic rings. The SMILES string of the molecule is Cc1ccc(C2=NN(c3ccccc3)C3(c4ccccc4)C(=O)c4c(c(-c5ccc(C)cc5)nn4-c4ccccc4)C(=O)C23)cc1. The summed E-state index contributed by atoms with van der Waals surface area (Å²) in [6, 6.07) is 44.7. The van der Waals surface area contributed by atoms with Crippen LogP contribution in [0.15, 0.2) is 145 Å². The molecule has 222 valence electrons. The van der Waals surface area contributed by atoms with Crippen LogP contribution in [0.2, 0.25) is 0 Å². The molecule has 46 heavy (non-hydrogen) atoms. The zero-order valence-corrected chi connectivity index (χ0v) is 25.5. The number of nitrogens with zero attached hydrogens (tertiary/aromatic N) is 4. The minimum atomic E-state index is -1.50. The average molecular weight is 599 g/mol. The Labute approximate surface area is 267 Å². The first-order valence-corrected chi connectivity index (χ1v) is 15.4. The minimum absolute atomic E-state index is 0.186. The van der Waals surface area contributed by atoms with Crippen molar-refractivity contribution in [2.75, 3.05) is 5.01 Å². The van der Waals surface area contributed by atoms with E-state index >= 15 is 9.59 Å². The van der Waals surface area contributed by atoms with Gasteiger partial charge in [-0.1, -0.05) is 126 Å². The molecule has 0 spiro atoms. The third-order valence-electron chi connectivity index (χ3n) is 9.08. The number of carbonyl (C=O) groups excluding carboxylic acids is 2. The van der Waals surface area contributed by atoms with E-state index in [9.17, 15) is 0 Å². The van der Waals surface area contributed by atoms with Crippen LogP contribution in [-0.4, -0.2) is 27.1 Å². The fraction of sp³-hybridized carbons (Fsp3) is 0.100. The van der Waals surface area contributed by atoms with Gasteiger partial charge in [0.05, 0.1) is 22.6 Å². The molecule has 6 heteroatoms. The Morgan fingerprint density at radius 2 is 1.13 bits per heavy atom. The summed E-state index contributed by atoms with van der Waals surface area (Å²) in [5, 5.41) is 12.0. The van der Waals surface area contributed by atoms with Crippen molar-refractivity contribution in [3.05, 3.63) is 173 Å². The number of aromatic nitrogens is 2. The number of Topliss-reactive ketones (excluding diaryl/α,β-unsaturated/α-hetero) is 2. The first-order chi connectivity index (χ1) is 22.5. The van der Waals surface area contributed by atoms with E-state index in [1.165, 1.54) is 0 Å². The lowest BCUT2D eigenvalue weighted by atomic mass is 9.64. The Balaban J connectivity index is 1.49. The number of hydrogen-bond acceptors (Lipinski definition) is 5. The number of hydrogen-bond donors (Lipinski definition) is 0. The Bertz CT molecular complexity index is 2140. The number of ketones is 2. The highest BCUT2D eigenvalue weighted by atomic mass is 16.2. The molecule has 1 aliphatic carbocycles. The second-order valence-electron chi connectivity index (χ2n) is 11.9. The van der Waals surface area contributed by atoms with Crippen LogP contribution >= 0.6 is 0 Å². The van der Waals surface area contributed by atoms with Gasteiger partial charge in [-0.3, -0.25) is 9.59 Å². The van der Waals surface area contributed by atoms with Crippen molar-refractivity contribution in [2.45, 2.75) is 19.4 Å². The van der Waals surface area contributed by atoms with E-state index in [4.69, 9.17) is 10.2 Å². The quantitative estimate of drug-likeness (QED) is 0.202. The maximum absolute atomic E-state index is 15.7. The summed E-state index contributed by atoms with van der Waals surface area (Å²) in [5.74, 6) is -1.35. The van der Waals surface area contributed by atoms with Crippen molar-refractivity contribution in [1.29, 1.82) is 0 Å². The summed E-state index contributed by atoms with van der Waals surface area (Å²) in [6.45, 7) is 4.05. The van der Waals surface area contributed by atoms with Gasteiger partial charge < -0.3 is 0 Å². The van der Waals surface area contributed by atoms with Crippen molar-refractivity contribution in [2.24, 2.45) is 11.0 Å². The summed E-state index contributed by atoms with van der Waals surface area (Å²) in [6.07, 6.45) is 0. The fourth-order valence-corrected chi connectivity index (χ4v) is 6.85. The predicted octanol–water partition coefficient (Wildman–Crippen LogP) is 7.97. The summed E-state index contributed by atoms with van der Waals surface area (Å²) < 4.78 is 1.65. The van der Waals surface area contributed by atoms with Crippen LogP contribution in [0.1, 0.15) is 43.1 Å². The van der Waals surface area contributed by atoms with Gasteiger partial charge in [0.1, 0.15) is 17.3 Å². The van der Waals surface area contributed by atoms with Gasteiger partial charge in [-0.25, -0.2) is 9.69 Å². The van der Waals surface area contributed by atoms with Gasteiger partial charge in [-0.15, -0.1) is 0 Å². The molecule has 8 rings (SSSR count). The molecule has 2 atom stereocenters. The molecule has 1 aromatic heterocycles. The molecular formula is C40H30N4O2. The molecule has 0 bridgehead atoms. The zero-order chi connectivity index (χ0) is 31.4. The van der Waals surface area contributed by atoms with Gasteiger partial charge in [0.2, 0.25) is 5.78 Å². The van der Waals surface area contributed by atoms with E-state index in [0.29, 0.717) is 33.9 Å². The van der Waals surface area contributed by atoms with Gasteiger partial charge in [-0.05, 0) is 49.2 Å². The van der Waals surface area contributed by atoms with E-state index in [0.717, 1.165) is 22.3 Å². The molecule has 0 fully saturated rings. The molecule has 5 aromatic carbocycles. The lowest BCUT2D eigenvalue weighted by molar-refractivity contribution is 0.0741. The number of carbonyl (C=O) groups is 2. The largest absolute Gasteiger partial charge is 0.293 e. The molecule has 0 amide bonds. The molecule has 0 radical (unpaired) electrons. The monoisotopic (exact) mass is 598 g/mol. The number of benzene rings is 5. The first kappa shape index (κ1) is 27.7. The maximum atomic E-state index is 15.7. The van der Waals surface area contributed by atoms with Crippen molar-refractivity contribution in [3.8, 4) is 16.9 Å². The Kier molecular flexibility index (Phi) is 6.39. The van der Waals surface area contributed by atoms with E-state index in [2.05, 4.69) is 0 Å². The average Bonchev–Trinajstić information content (AvgIpc) is 3.68. The van der Waals surface area contributed by atoms with E-state index in [1.54, 1.807) is 9.69 Å². The van der Waals surface area contributed by atoms with Crippen LogP contribution < -0.4 is 5.01 Å². The summed E-state index contributed by atoms with van der Waals surface area (Å²) >= 11 is 0. The van der Waals surface area contributed by atoms with Gasteiger partial charge in [-0.2, -0.15) is 10.2 Å². The second-order valence-corrected chi connectivity index (χ2v) is 11.9. The third-order valence-corrected chi connectivity index (χ3v) is 9.08. The summed E-state index contributed by atoms with van der Waals surface area (Å²) in [7, 11) is 0. The number of para-hydroxylation sites is 2.